The summed E-state index contributed by atoms with van der Waals surface area (Å²) in [5, 5.41) is 6.78. The maximum Gasteiger partial charge on any atom is 0.258 e. The highest BCUT2D eigenvalue weighted by molar-refractivity contribution is 6.11. The smallest absolute Gasteiger partial charge is 0.258 e. The molecular weight excluding hydrogens is 386 g/mol. The van der Waals surface area contributed by atoms with E-state index in [9.17, 15) is 4.79 Å². The van der Waals surface area contributed by atoms with Crippen LogP contribution in [0.25, 0.3) is 0 Å². The standard InChI is InChI=1S/C25H21N5O/c1-17-23(29-20-9-13-27-14-10-20)3-2-4-24(17)30-16-18-15-21(5-6-22(18)25(30)31)28-19-7-11-26-12-8-19/h2-15H,16H2,1H3,(H,26,28)(H,27,29). The minimum atomic E-state index is 0.0228. The van der Waals surface area contributed by atoms with E-state index in [4.69, 9.17) is 0 Å². The number of carbonyl (C=O) groups excluding carboxylic acids is 1. The van der Waals surface area contributed by atoms with Crippen LogP contribution in [0.5, 0.6) is 0 Å². The Morgan fingerprint density at radius 1 is 0.806 bits per heavy atom. The van der Waals surface area contributed by atoms with Crippen LogP contribution in [0.1, 0.15) is 21.5 Å². The average molecular weight is 407 g/mol. The maximum absolute atomic E-state index is 13.2. The number of fused-ring (bicyclic) bond motifs is 1. The molecule has 1 aliphatic rings. The van der Waals surface area contributed by atoms with Crippen molar-refractivity contribution < 1.29 is 4.79 Å². The molecule has 0 fully saturated rings. The molecule has 5 rings (SSSR count). The molecule has 3 heterocycles. The van der Waals surface area contributed by atoms with Crippen LogP contribution in [0, 0.1) is 6.92 Å². The number of benzene rings is 2. The minimum absolute atomic E-state index is 0.0228. The van der Waals surface area contributed by atoms with E-state index in [0.717, 1.165) is 45.1 Å². The SMILES string of the molecule is Cc1c(Nc2ccncc2)cccc1N1Cc2cc(Nc3ccncc3)ccc2C1=O. The van der Waals surface area contributed by atoms with Gasteiger partial charge in [-0.25, -0.2) is 0 Å². The van der Waals surface area contributed by atoms with Crippen molar-refractivity contribution in [3.63, 3.8) is 0 Å². The van der Waals surface area contributed by atoms with Crippen LogP contribution >= 0.6 is 0 Å². The summed E-state index contributed by atoms with van der Waals surface area (Å²) in [5.74, 6) is 0.0228. The van der Waals surface area contributed by atoms with Crippen LogP contribution in [-0.4, -0.2) is 15.9 Å². The van der Waals surface area contributed by atoms with Gasteiger partial charge < -0.3 is 15.5 Å². The number of nitrogens with zero attached hydrogens (tertiary/aromatic N) is 3. The Morgan fingerprint density at radius 3 is 2.19 bits per heavy atom. The summed E-state index contributed by atoms with van der Waals surface area (Å²) in [5.41, 5.74) is 7.51. The van der Waals surface area contributed by atoms with E-state index in [1.165, 1.54) is 0 Å². The molecule has 1 aliphatic heterocycles. The first-order valence-corrected chi connectivity index (χ1v) is 10.1. The van der Waals surface area contributed by atoms with Gasteiger partial charge in [-0.2, -0.15) is 0 Å². The second-order valence-electron chi connectivity index (χ2n) is 7.43. The van der Waals surface area contributed by atoms with Gasteiger partial charge in [-0.05, 0) is 72.6 Å². The Balaban J connectivity index is 1.41. The Kier molecular flexibility index (Phi) is 4.80. The van der Waals surface area contributed by atoms with E-state index in [1.807, 2.05) is 72.5 Å². The van der Waals surface area contributed by atoms with Gasteiger partial charge in [0, 0.05) is 58.8 Å². The average Bonchev–Trinajstić information content (AvgIpc) is 3.12. The fourth-order valence-corrected chi connectivity index (χ4v) is 3.84. The number of rotatable bonds is 5. The third-order valence-corrected chi connectivity index (χ3v) is 5.43. The van der Waals surface area contributed by atoms with Crippen molar-refractivity contribution in [1.82, 2.24) is 9.97 Å². The topological polar surface area (TPSA) is 70.2 Å². The molecule has 6 heteroatoms. The number of hydrogen-bond acceptors (Lipinski definition) is 5. The van der Waals surface area contributed by atoms with Crippen molar-refractivity contribution in [2.24, 2.45) is 0 Å². The highest BCUT2D eigenvalue weighted by Crippen LogP contribution is 2.35. The van der Waals surface area contributed by atoms with Crippen LogP contribution < -0.4 is 15.5 Å². The molecule has 1 amide bonds. The lowest BCUT2D eigenvalue weighted by molar-refractivity contribution is 0.0996. The normalized spacial score (nSPS) is 12.5. The predicted octanol–water partition coefficient (Wildman–Crippen LogP) is 5.43. The van der Waals surface area contributed by atoms with Gasteiger partial charge >= 0.3 is 0 Å². The molecule has 0 bridgehead atoms. The maximum atomic E-state index is 13.2. The second kappa shape index (κ2) is 7.91. The van der Waals surface area contributed by atoms with Crippen LogP contribution in [0.2, 0.25) is 0 Å². The van der Waals surface area contributed by atoms with Crippen molar-refractivity contribution in [3.8, 4) is 0 Å². The zero-order chi connectivity index (χ0) is 21.2. The largest absolute Gasteiger partial charge is 0.355 e. The van der Waals surface area contributed by atoms with Gasteiger partial charge in [-0.3, -0.25) is 14.8 Å². The number of nitrogens with one attached hydrogen (secondary N) is 2. The second-order valence-corrected chi connectivity index (χ2v) is 7.43. The molecule has 2 N–H and O–H groups in total. The molecule has 2 aromatic carbocycles. The molecule has 0 atom stereocenters. The summed E-state index contributed by atoms with van der Waals surface area (Å²) in [6.45, 7) is 2.57. The van der Waals surface area contributed by atoms with Crippen molar-refractivity contribution in [1.29, 1.82) is 0 Å². The molecule has 0 saturated carbocycles. The van der Waals surface area contributed by atoms with Crippen LogP contribution in [0.3, 0.4) is 0 Å². The lowest BCUT2D eigenvalue weighted by atomic mass is 10.1. The van der Waals surface area contributed by atoms with E-state index in [0.29, 0.717) is 6.54 Å². The third-order valence-electron chi connectivity index (χ3n) is 5.43. The zero-order valence-corrected chi connectivity index (χ0v) is 17.0. The first-order valence-electron chi connectivity index (χ1n) is 10.1. The summed E-state index contributed by atoms with van der Waals surface area (Å²) < 4.78 is 0. The van der Waals surface area contributed by atoms with Gasteiger partial charge in [0.25, 0.3) is 5.91 Å². The van der Waals surface area contributed by atoms with Gasteiger partial charge in [-0.15, -0.1) is 0 Å². The summed E-state index contributed by atoms with van der Waals surface area (Å²) in [7, 11) is 0. The number of carbonyl (C=O) groups is 1. The number of amides is 1. The Labute approximate surface area is 180 Å². The molecule has 152 valence electrons. The molecule has 0 saturated heterocycles. The Bertz CT molecular complexity index is 1240. The van der Waals surface area contributed by atoms with Crippen LogP contribution in [0.4, 0.5) is 28.4 Å². The van der Waals surface area contributed by atoms with Crippen molar-refractivity contribution in [2.75, 3.05) is 15.5 Å². The fraction of sp³-hybridized carbons (Fsp3) is 0.0800. The minimum Gasteiger partial charge on any atom is -0.355 e. The predicted molar refractivity (Wildman–Crippen MR) is 123 cm³/mol. The molecular formula is C25H21N5O. The summed E-state index contributed by atoms with van der Waals surface area (Å²) in [6.07, 6.45) is 6.99. The molecule has 0 spiro atoms. The van der Waals surface area contributed by atoms with Crippen molar-refractivity contribution >= 4 is 34.3 Å². The fourth-order valence-electron chi connectivity index (χ4n) is 3.84. The number of anilines is 5. The van der Waals surface area contributed by atoms with E-state index >= 15 is 0 Å². The van der Waals surface area contributed by atoms with Crippen LogP contribution in [0.15, 0.2) is 85.5 Å². The number of aromatic nitrogens is 2. The molecule has 4 aromatic rings. The summed E-state index contributed by atoms with van der Waals surface area (Å²) in [4.78, 5) is 23.1. The van der Waals surface area contributed by atoms with Gasteiger partial charge in [-0.1, -0.05) is 6.07 Å². The van der Waals surface area contributed by atoms with Crippen molar-refractivity contribution in [2.45, 2.75) is 13.5 Å². The molecule has 0 aliphatic carbocycles. The van der Waals surface area contributed by atoms with E-state index < -0.39 is 0 Å². The van der Waals surface area contributed by atoms with Gasteiger partial charge in [0.15, 0.2) is 0 Å². The van der Waals surface area contributed by atoms with Crippen LogP contribution in [-0.2, 0) is 6.54 Å². The van der Waals surface area contributed by atoms with E-state index in [2.05, 4.69) is 20.6 Å². The lowest BCUT2D eigenvalue weighted by Crippen LogP contribution is -2.24. The lowest BCUT2D eigenvalue weighted by Gasteiger charge is -2.21. The van der Waals surface area contributed by atoms with Gasteiger partial charge in [0.1, 0.15) is 0 Å². The quantitative estimate of drug-likeness (QED) is 0.461. The molecule has 6 nitrogen and oxygen atoms in total. The number of hydrogen-bond donors (Lipinski definition) is 2. The monoisotopic (exact) mass is 407 g/mol. The highest BCUT2D eigenvalue weighted by atomic mass is 16.2. The molecule has 2 aromatic heterocycles. The van der Waals surface area contributed by atoms with E-state index in [1.54, 1.807) is 24.8 Å². The third kappa shape index (κ3) is 3.71. The first kappa shape index (κ1) is 18.8. The summed E-state index contributed by atoms with van der Waals surface area (Å²) >= 11 is 0. The Morgan fingerprint density at radius 2 is 1.48 bits per heavy atom. The zero-order valence-electron chi connectivity index (χ0n) is 17.0. The van der Waals surface area contributed by atoms with Crippen molar-refractivity contribution in [3.05, 3.63) is 102 Å². The Hall–Kier alpha value is -4.19. The highest BCUT2D eigenvalue weighted by Gasteiger charge is 2.30. The molecule has 0 radical (unpaired) electrons. The molecule has 31 heavy (non-hydrogen) atoms. The molecule has 0 unspecified atom stereocenters. The summed E-state index contributed by atoms with van der Waals surface area (Å²) in [6, 6.07) is 19.5. The first-order chi connectivity index (χ1) is 15.2. The van der Waals surface area contributed by atoms with E-state index in [-0.39, 0.29) is 5.91 Å². The number of pyridine rings is 2. The van der Waals surface area contributed by atoms with Gasteiger partial charge in [0.05, 0.1) is 6.54 Å². The van der Waals surface area contributed by atoms with Gasteiger partial charge in [0.2, 0.25) is 0 Å².